The fraction of sp³-hybridized carbons (Fsp3) is 0.522. The topological polar surface area (TPSA) is 84.8 Å². The lowest BCUT2D eigenvalue weighted by Gasteiger charge is -2.09. The summed E-state index contributed by atoms with van der Waals surface area (Å²) in [7, 11) is 0. The zero-order chi connectivity index (χ0) is 21.3. The third-order valence-electron chi connectivity index (χ3n) is 5.27. The van der Waals surface area contributed by atoms with E-state index in [1.807, 2.05) is 4.57 Å². The van der Waals surface area contributed by atoms with Crippen molar-refractivity contribution in [1.82, 2.24) is 19.5 Å². The number of aromatic amines is 1. The minimum atomic E-state index is -0.163. The van der Waals surface area contributed by atoms with Crippen molar-refractivity contribution in [3.8, 4) is 0 Å². The Bertz CT molecular complexity index is 1010. The number of rotatable bonds is 12. The molecular weight excluding hydrogens is 378 g/mol. The molecule has 0 radical (unpaired) electrons. The predicted octanol–water partition coefficient (Wildman–Crippen LogP) is 4.20. The van der Waals surface area contributed by atoms with Gasteiger partial charge in [0.1, 0.15) is 0 Å². The summed E-state index contributed by atoms with van der Waals surface area (Å²) in [5.41, 5.74) is 4.64. The Morgan fingerprint density at radius 1 is 1.17 bits per heavy atom. The van der Waals surface area contributed by atoms with Crippen molar-refractivity contribution in [3.05, 3.63) is 51.6 Å². The average Bonchev–Trinajstić information content (AvgIpc) is 3.16. The van der Waals surface area contributed by atoms with Crippen molar-refractivity contribution in [2.75, 3.05) is 18.5 Å². The molecule has 0 unspecified atom stereocenters. The summed E-state index contributed by atoms with van der Waals surface area (Å²) in [5, 5.41) is 3.22. The number of H-pyrrole nitrogens is 1. The number of anilines is 1. The van der Waals surface area contributed by atoms with Gasteiger partial charge in [-0.1, -0.05) is 32.0 Å². The van der Waals surface area contributed by atoms with Gasteiger partial charge < -0.3 is 14.6 Å². The van der Waals surface area contributed by atoms with Gasteiger partial charge in [0.25, 0.3) is 5.56 Å². The van der Waals surface area contributed by atoms with E-state index in [9.17, 15) is 4.79 Å². The number of aromatic nitrogens is 4. The molecular formula is C23H33N5O2. The number of hydrogen-bond acceptors (Lipinski definition) is 5. The van der Waals surface area contributed by atoms with E-state index in [1.54, 1.807) is 6.33 Å². The summed E-state index contributed by atoms with van der Waals surface area (Å²) < 4.78 is 7.40. The van der Waals surface area contributed by atoms with E-state index < -0.39 is 0 Å². The quantitative estimate of drug-likeness (QED) is 0.436. The van der Waals surface area contributed by atoms with Gasteiger partial charge in [-0.15, -0.1) is 0 Å². The molecule has 3 aromatic rings. The van der Waals surface area contributed by atoms with Crippen LogP contribution in [0.25, 0.3) is 11.2 Å². The van der Waals surface area contributed by atoms with E-state index in [2.05, 4.69) is 59.2 Å². The number of fused-ring (bicyclic) bond motifs is 1. The minimum Gasteiger partial charge on any atom is -0.381 e. The summed E-state index contributed by atoms with van der Waals surface area (Å²) in [6.07, 6.45) is 6.84. The van der Waals surface area contributed by atoms with Crippen LogP contribution in [0.2, 0.25) is 0 Å². The molecule has 2 aromatic heterocycles. The zero-order valence-electron chi connectivity index (χ0n) is 18.3. The van der Waals surface area contributed by atoms with E-state index in [0.29, 0.717) is 23.7 Å². The summed E-state index contributed by atoms with van der Waals surface area (Å²) >= 11 is 0. The molecule has 0 aliphatic heterocycles. The minimum absolute atomic E-state index is 0.163. The zero-order valence-corrected chi connectivity index (χ0v) is 18.3. The average molecular weight is 412 g/mol. The molecule has 0 bridgehead atoms. The molecule has 0 spiro atoms. The first-order valence-electron chi connectivity index (χ1n) is 11.0. The normalized spacial score (nSPS) is 11.3. The molecule has 7 nitrogen and oxygen atoms in total. The molecule has 30 heavy (non-hydrogen) atoms. The molecule has 0 saturated carbocycles. The first-order valence-corrected chi connectivity index (χ1v) is 11.0. The van der Waals surface area contributed by atoms with Crippen LogP contribution in [0.3, 0.4) is 0 Å². The number of aryl methyl sites for hydroxylation is 3. The van der Waals surface area contributed by atoms with Crippen molar-refractivity contribution in [2.45, 2.75) is 66.0 Å². The first kappa shape index (κ1) is 22.0. The molecule has 162 valence electrons. The molecule has 0 fully saturated rings. The maximum atomic E-state index is 12.6. The highest BCUT2D eigenvalue weighted by Gasteiger charge is 2.10. The number of ether oxygens (including phenoxy) is 1. The third-order valence-corrected chi connectivity index (χ3v) is 5.27. The molecule has 1 aromatic carbocycles. The van der Waals surface area contributed by atoms with Crippen molar-refractivity contribution < 1.29 is 4.74 Å². The molecule has 2 heterocycles. The van der Waals surface area contributed by atoms with Crippen LogP contribution in [-0.2, 0) is 24.2 Å². The summed E-state index contributed by atoms with van der Waals surface area (Å²) in [6, 6.07) is 6.42. The van der Waals surface area contributed by atoms with Gasteiger partial charge in [-0.2, -0.15) is 4.98 Å². The van der Waals surface area contributed by atoms with Crippen LogP contribution in [0.1, 0.15) is 56.2 Å². The van der Waals surface area contributed by atoms with E-state index >= 15 is 0 Å². The number of nitrogens with zero attached hydrogens (tertiary/aromatic N) is 3. The first-order chi connectivity index (χ1) is 14.6. The largest absolute Gasteiger partial charge is 0.381 e. The van der Waals surface area contributed by atoms with E-state index in [0.717, 1.165) is 57.4 Å². The maximum Gasteiger partial charge on any atom is 0.278 e. The van der Waals surface area contributed by atoms with Crippen molar-refractivity contribution >= 4 is 17.1 Å². The van der Waals surface area contributed by atoms with Gasteiger partial charge in [-0.05, 0) is 55.7 Å². The van der Waals surface area contributed by atoms with Gasteiger partial charge in [0.2, 0.25) is 5.95 Å². The van der Waals surface area contributed by atoms with Crippen LogP contribution >= 0.6 is 0 Å². The lowest BCUT2D eigenvalue weighted by atomic mass is 10.0. The van der Waals surface area contributed by atoms with Crippen LogP contribution < -0.4 is 10.9 Å². The predicted molar refractivity (Wildman–Crippen MR) is 121 cm³/mol. The van der Waals surface area contributed by atoms with Gasteiger partial charge in [0, 0.05) is 26.3 Å². The Hall–Kier alpha value is -2.67. The second-order valence-electron chi connectivity index (χ2n) is 7.67. The fourth-order valence-electron chi connectivity index (χ4n) is 3.55. The Balaban J connectivity index is 1.59. The molecule has 0 atom stereocenters. The monoisotopic (exact) mass is 411 g/mol. The van der Waals surface area contributed by atoms with Crippen LogP contribution in [-0.4, -0.2) is 32.7 Å². The van der Waals surface area contributed by atoms with Crippen LogP contribution in [0, 0.1) is 6.92 Å². The summed E-state index contributed by atoms with van der Waals surface area (Å²) in [5.74, 6) is 0.449. The highest BCUT2D eigenvalue weighted by Crippen LogP contribution is 2.14. The summed E-state index contributed by atoms with van der Waals surface area (Å²) in [4.78, 5) is 24.3. The lowest BCUT2D eigenvalue weighted by molar-refractivity contribution is 0.130. The number of unbranched alkanes of at least 4 members (excludes halogenated alkanes) is 2. The highest BCUT2D eigenvalue weighted by molar-refractivity contribution is 5.70. The SMILES string of the molecule is CCCOCCCCCn1cnc2nc(NCc3ccc(C)c(CC)c3)[nH]c(=O)c21. The van der Waals surface area contributed by atoms with Crippen LogP contribution in [0.5, 0.6) is 0 Å². The number of benzene rings is 1. The van der Waals surface area contributed by atoms with Crippen LogP contribution in [0.4, 0.5) is 5.95 Å². The molecule has 0 saturated heterocycles. The van der Waals surface area contributed by atoms with Gasteiger partial charge >= 0.3 is 0 Å². The maximum absolute atomic E-state index is 12.6. The lowest BCUT2D eigenvalue weighted by Crippen LogP contribution is -2.16. The van der Waals surface area contributed by atoms with E-state index in [4.69, 9.17) is 4.74 Å². The highest BCUT2D eigenvalue weighted by atomic mass is 16.5. The fourth-order valence-corrected chi connectivity index (χ4v) is 3.55. The van der Waals surface area contributed by atoms with E-state index in [-0.39, 0.29) is 5.56 Å². The number of nitrogens with one attached hydrogen (secondary N) is 2. The van der Waals surface area contributed by atoms with Crippen LogP contribution in [0.15, 0.2) is 29.3 Å². The second-order valence-corrected chi connectivity index (χ2v) is 7.67. The molecule has 0 aliphatic rings. The Labute approximate surface area is 177 Å². The molecule has 2 N–H and O–H groups in total. The molecule has 0 aliphatic carbocycles. The smallest absolute Gasteiger partial charge is 0.278 e. The Kier molecular flexibility index (Phi) is 8.02. The Morgan fingerprint density at radius 2 is 2.03 bits per heavy atom. The third kappa shape index (κ3) is 5.69. The molecule has 7 heteroatoms. The van der Waals surface area contributed by atoms with Gasteiger partial charge in [-0.25, -0.2) is 4.98 Å². The van der Waals surface area contributed by atoms with Gasteiger partial charge in [0.15, 0.2) is 11.2 Å². The van der Waals surface area contributed by atoms with E-state index in [1.165, 1.54) is 11.1 Å². The van der Waals surface area contributed by atoms with Gasteiger partial charge in [-0.3, -0.25) is 9.78 Å². The molecule has 3 rings (SSSR count). The van der Waals surface area contributed by atoms with Crippen molar-refractivity contribution in [1.29, 1.82) is 0 Å². The standard InChI is InChI=1S/C23H33N5O2/c1-4-12-30-13-8-6-7-11-28-16-25-21-20(28)22(29)27-23(26-21)24-15-18-10-9-17(3)19(5-2)14-18/h9-10,14,16H,4-8,11-13,15H2,1-3H3,(H2,24,26,27,29). The number of hydrogen-bond donors (Lipinski definition) is 2. The number of imidazole rings is 1. The van der Waals surface area contributed by atoms with Crippen molar-refractivity contribution in [3.63, 3.8) is 0 Å². The van der Waals surface area contributed by atoms with Gasteiger partial charge in [0.05, 0.1) is 6.33 Å². The second kappa shape index (κ2) is 10.9. The summed E-state index contributed by atoms with van der Waals surface area (Å²) in [6.45, 7) is 9.38. The molecule has 0 amide bonds. The Morgan fingerprint density at radius 3 is 2.83 bits per heavy atom. The van der Waals surface area contributed by atoms with Crippen molar-refractivity contribution in [2.24, 2.45) is 0 Å².